The molecule has 6 nitrogen and oxygen atoms in total. The van der Waals surface area contributed by atoms with Gasteiger partial charge >= 0.3 is 17.9 Å². The second-order valence-corrected chi connectivity index (χ2v) is 17.0. The molecule has 0 rings (SSSR count). The summed E-state index contributed by atoms with van der Waals surface area (Å²) in [6, 6.07) is 0. The van der Waals surface area contributed by atoms with E-state index >= 15 is 0 Å². The van der Waals surface area contributed by atoms with Crippen LogP contribution in [0, 0.1) is 0 Å². The summed E-state index contributed by atoms with van der Waals surface area (Å²) >= 11 is 0. The third kappa shape index (κ3) is 49.5. The van der Waals surface area contributed by atoms with Gasteiger partial charge in [-0.15, -0.1) is 0 Å². The first-order chi connectivity index (χ1) is 31.0. The van der Waals surface area contributed by atoms with Crippen molar-refractivity contribution in [1.29, 1.82) is 0 Å². The normalized spacial score (nSPS) is 12.7. The second-order valence-electron chi connectivity index (χ2n) is 17.0. The molecule has 0 spiro atoms. The van der Waals surface area contributed by atoms with E-state index in [1.807, 2.05) is 0 Å². The van der Waals surface area contributed by atoms with E-state index in [-0.39, 0.29) is 31.1 Å². The molecular formula is C57H96O6. The van der Waals surface area contributed by atoms with Crippen LogP contribution in [0.3, 0.4) is 0 Å². The molecule has 1 unspecified atom stereocenters. The Kier molecular flexibility index (Phi) is 48.5. The standard InChI is InChI=1S/C57H96O6/c1-4-7-10-13-16-19-22-25-28-30-32-35-38-41-44-47-50-56(59)62-53-54(52-61-55(58)49-46-43-40-37-34-31-27-24-21-18-15-12-9-6-3)63-57(60)51-48-45-42-39-36-33-29-26-23-20-17-14-11-8-5-2/h7,9-10,12,16,18-21,23,25,28,32,35,54H,4-6,8,11,13-15,17,22,24,26-27,29-31,33-34,36-53H2,1-3H3/b10-7-,12-9-,19-16-,21-18-,23-20-,28-25-,35-32-. The highest BCUT2D eigenvalue weighted by Gasteiger charge is 2.19. The number of unbranched alkanes of at least 4 members (excludes halogenated alkanes) is 21. The van der Waals surface area contributed by atoms with Crippen LogP contribution in [0.2, 0.25) is 0 Å². The molecular weight excluding hydrogens is 781 g/mol. The number of hydrogen-bond donors (Lipinski definition) is 0. The lowest BCUT2D eigenvalue weighted by Gasteiger charge is -2.18. The third-order valence-electron chi connectivity index (χ3n) is 10.9. The number of carbonyl (C=O) groups excluding carboxylic acids is 3. The van der Waals surface area contributed by atoms with Crippen LogP contribution in [0.1, 0.15) is 239 Å². The van der Waals surface area contributed by atoms with Crippen molar-refractivity contribution in [3.63, 3.8) is 0 Å². The van der Waals surface area contributed by atoms with Crippen LogP contribution in [0.5, 0.6) is 0 Å². The largest absolute Gasteiger partial charge is 0.462 e. The van der Waals surface area contributed by atoms with Crippen LogP contribution in [0.25, 0.3) is 0 Å². The zero-order chi connectivity index (χ0) is 45.8. The monoisotopic (exact) mass is 877 g/mol. The Balaban J connectivity index is 4.46. The van der Waals surface area contributed by atoms with E-state index in [1.54, 1.807) is 0 Å². The van der Waals surface area contributed by atoms with Gasteiger partial charge in [0, 0.05) is 19.3 Å². The van der Waals surface area contributed by atoms with Gasteiger partial charge in [-0.05, 0) is 109 Å². The fraction of sp³-hybridized carbons (Fsp3) is 0.702. The van der Waals surface area contributed by atoms with Crippen LogP contribution < -0.4 is 0 Å². The van der Waals surface area contributed by atoms with E-state index in [1.165, 1.54) is 89.9 Å². The molecule has 0 aliphatic carbocycles. The van der Waals surface area contributed by atoms with Crippen LogP contribution >= 0.6 is 0 Å². The summed E-state index contributed by atoms with van der Waals surface area (Å²) < 4.78 is 16.8. The van der Waals surface area contributed by atoms with Gasteiger partial charge in [0.25, 0.3) is 0 Å². The Labute approximate surface area is 388 Å². The van der Waals surface area contributed by atoms with E-state index in [9.17, 15) is 14.4 Å². The van der Waals surface area contributed by atoms with Gasteiger partial charge in [-0.25, -0.2) is 0 Å². The summed E-state index contributed by atoms with van der Waals surface area (Å²) in [7, 11) is 0. The lowest BCUT2D eigenvalue weighted by Crippen LogP contribution is -2.30. The predicted octanol–water partition coefficient (Wildman–Crippen LogP) is 17.2. The highest BCUT2D eigenvalue weighted by Crippen LogP contribution is 2.14. The number of carbonyl (C=O) groups is 3. The fourth-order valence-electron chi connectivity index (χ4n) is 6.99. The topological polar surface area (TPSA) is 78.9 Å². The molecule has 6 heteroatoms. The Morgan fingerprint density at radius 3 is 1.00 bits per heavy atom. The first-order valence-electron chi connectivity index (χ1n) is 26.1. The molecule has 0 aromatic carbocycles. The van der Waals surface area contributed by atoms with Gasteiger partial charge < -0.3 is 14.2 Å². The van der Waals surface area contributed by atoms with Gasteiger partial charge in [0.05, 0.1) is 0 Å². The van der Waals surface area contributed by atoms with Gasteiger partial charge in [-0.1, -0.05) is 196 Å². The first-order valence-corrected chi connectivity index (χ1v) is 26.1. The molecule has 0 fully saturated rings. The molecule has 0 bridgehead atoms. The van der Waals surface area contributed by atoms with Crippen molar-refractivity contribution in [1.82, 2.24) is 0 Å². The first kappa shape index (κ1) is 59.6. The average molecular weight is 877 g/mol. The van der Waals surface area contributed by atoms with Gasteiger partial charge in [-0.3, -0.25) is 14.4 Å². The summed E-state index contributed by atoms with van der Waals surface area (Å²) in [4.78, 5) is 38.0. The van der Waals surface area contributed by atoms with Crippen LogP contribution in [-0.2, 0) is 28.6 Å². The van der Waals surface area contributed by atoms with Crippen molar-refractivity contribution in [2.45, 2.75) is 245 Å². The molecule has 0 heterocycles. The number of esters is 3. The molecule has 0 amide bonds. The van der Waals surface area contributed by atoms with Crippen LogP contribution in [-0.4, -0.2) is 37.2 Å². The summed E-state index contributed by atoms with van der Waals surface area (Å²) in [6.07, 6.45) is 65.6. The van der Waals surface area contributed by atoms with Gasteiger partial charge in [0.2, 0.25) is 0 Å². The second kappa shape index (κ2) is 51.2. The molecule has 63 heavy (non-hydrogen) atoms. The van der Waals surface area contributed by atoms with E-state index in [4.69, 9.17) is 14.2 Å². The maximum absolute atomic E-state index is 12.8. The molecule has 0 saturated heterocycles. The molecule has 0 aromatic heterocycles. The molecule has 360 valence electrons. The molecule has 0 aliphatic heterocycles. The lowest BCUT2D eigenvalue weighted by molar-refractivity contribution is -0.167. The SMILES string of the molecule is CC/C=C\C/C=C\C/C=C\C/C=C\CCCCCC(=O)OCC(COC(=O)CCCCCCCCC/C=C\C/C=C\CC)OC(=O)CCCCCCCCC/C=C\CCCCCC. The van der Waals surface area contributed by atoms with Crippen LogP contribution in [0.4, 0.5) is 0 Å². The van der Waals surface area contributed by atoms with E-state index in [0.29, 0.717) is 19.3 Å². The number of allylic oxidation sites excluding steroid dienone is 14. The summed E-state index contributed by atoms with van der Waals surface area (Å²) in [5.74, 6) is -0.938. The van der Waals surface area contributed by atoms with Gasteiger partial charge in [0.15, 0.2) is 6.10 Å². The fourth-order valence-corrected chi connectivity index (χ4v) is 6.99. The minimum atomic E-state index is -0.795. The Morgan fingerprint density at radius 1 is 0.333 bits per heavy atom. The Morgan fingerprint density at radius 2 is 0.619 bits per heavy atom. The van der Waals surface area contributed by atoms with Crippen molar-refractivity contribution in [3.8, 4) is 0 Å². The van der Waals surface area contributed by atoms with Crippen molar-refractivity contribution >= 4 is 17.9 Å². The molecule has 0 radical (unpaired) electrons. The van der Waals surface area contributed by atoms with Crippen molar-refractivity contribution < 1.29 is 28.6 Å². The lowest BCUT2D eigenvalue weighted by atomic mass is 10.1. The smallest absolute Gasteiger partial charge is 0.306 e. The molecule has 0 aliphatic rings. The zero-order valence-corrected chi connectivity index (χ0v) is 41.1. The predicted molar refractivity (Wildman–Crippen MR) is 270 cm³/mol. The highest BCUT2D eigenvalue weighted by atomic mass is 16.6. The molecule has 0 saturated carbocycles. The van der Waals surface area contributed by atoms with Crippen LogP contribution in [0.15, 0.2) is 85.1 Å². The minimum absolute atomic E-state index is 0.0932. The quantitative estimate of drug-likeness (QED) is 0.0262. The average Bonchev–Trinajstić information content (AvgIpc) is 3.28. The number of rotatable bonds is 46. The highest BCUT2D eigenvalue weighted by molar-refractivity contribution is 5.71. The summed E-state index contributed by atoms with van der Waals surface area (Å²) in [6.45, 7) is 6.37. The number of hydrogen-bond acceptors (Lipinski definition) is 6. The maximum Gasteiger partial charge on any atom is 0.306 e. The van der Waals surface area contributed by atoms with Gasteiger partial charge in [0.1, 0.15) is 13.2 Å². The molecule has 0 N–H and O–H groups in total. The van der Waals surface area contributed by atoms with Crippen molar-refractivity contribution in [2.24, 2.45) is 0 Å². The summed E-state index contributed by atoms with van der Waals surface area (Å²) in [5, 5.41) is 0. The third-order valence-corrected chi connectivity index (χ3v) is 10.9. The Bertz CT molecular complexity index is 1240. The number of ether oxygens (including phenoxy) is 3. The zero-order valence-electron chi connectivity index (χ0n) is 41.1. The van der Waals surface area contributed by atoms with Crippen molar-refractivity contribution in [3.05, 3.63) is 85.1 Å². The maximum atomic E-state index is 12.8. The minimum Gasteiger partial charge on any atom is -0.462 e. The Hall–Kier alpha value is -3.41. The summed E-state index contributed by atoms with van der Waals surface area (Å²) in [5.41, 5.74) is 0. The van der Waals surface area contributed by atoms with E-state index in [2.05, 4.69) is 106 Å². The van der Waals surface area contributed by atoms with Crippen molar-refractivity contribution in [2.75, 3.05) is 13.2 Å². The van der Waals surface area contributed by atoms with E-state index < -0.39 is 6.10 Å². The molecule has 0 aromatic rings. The molecule has 1 atom stereocenters. The van der Waals surface area contributed by atoms with E-state index in [0.717, 1.165) is 109 Å². The van der Waals surface area contributed by atoms with Gasteiger partial charge in [-0.2, -0.15) is 0 Å².